The molecule has 1 heterocycles. The Hall–Kier alpha value is -2.50. The summed E-state index contributed by atoms with van der Waals surface area (Å²) in [6.07, 6.45) is 0. The van der Waals surface area contributed by atoms with Gasteiger partial charge in [0.25, 0.3) is 0 Å². The molecule has 6 heteroatoms. The number of nitrogen functional groups attached to an aromatic ring is 1. The Morgan fingerprint density at radius 3 is 2.06 bits per heavy atom. The van der Waals surface area contributed by atoms with Crippen molar-refractivity contribution >= 4 is 17.3 Å². The number of methoxy groups -OCH3 is 2. The van der Waals surface area contributed by atoms with Crippen LogP contribution in [0.4, 0.5) is 17.3 Å². The first-order valence-corrected chi connectivity index (χ1v) is 5.31. The topological polar surface area (TPSA) is 82.3 Å². The Bertz CT molecular complexity index is 506. The number of rotatable bonds is 4. The summed E-state index contributed by atoms with van der Waals surface area (Å²) in [6, 6.07) is 8.86. The van der Waals surface area contributed by atoms with Gasteiger partial charge in [0.05, 0.1) is 20.3 Å². The second-order valence-electron chi connectivity index (χ2n) is 3.52. The molecule has 0 bridgehead atoms. The summed E-state index contributed by atoms with van der Waals surface area (Å²) >= 11 is 0. The van der Waals surface area contributed by atoms with Gasteiger partial charge >= 0.3 is 0 Å². The smallest absolute Gasteiger partial charge is 0.233 e. The number of nitrogens with one attached hydrogen (secondary N) is 1. The summed E-state index contributed by atoms with van der Waals surface area (Å²) < 4.78 is 10.1. The van der Waals surface area contributed by atoms with Crippen LogP contribution in [0.25, 0.3) is 0 Å². The van der Waals surface area contributed by atoms with Gasteiger partial charge in [0, 0.05) is 11.4 Å². The van der Waals surface area contributed by atoms with Crippen molar-refractivity contribution in [1.29, 1.82) is 0 Å². The van der Waals surface area contributed by atoms with Crippen LogP contribution in [0, 0.1) is 0 Å². The normalized spacial score (nSPS) is 9.89. The third kappa shape index (κ3) is 2.79. The van der Waals surface area contributed by atoms with Gasteiger partial charge in [-0.05, 0) is 24.3 Å². The Kier molecular flexibility index (Phi) is 3.47. The van der Waals surface area contributed by atoms with E-state index in [1.54, 1.807) is 18.2 Å². The van der Waals surface area contributed by atoms with Crippen LogP contribution in [-0.2, 0) is 0 Å². The molecule has 2 aromatic rings. The van der Waals surface area contributed by atoms with Crippen molar-refractivity contribution in [3.05, 3.63) is 30.3 Å². The third-order valence-electron chi connectivity index (χ3n) is 2.26. The minimum atomic E-state index is 0.399. The fourth-order valence-electron chi connectivity index (χ4n) is 1.36. The van der Waals surface area contributed by atoms with Crippen LogP contribution in [0.5, 0.6) is 11.8 Å². The molecule has 0 amide bonds. The number of nitrogens with zero attached hydrogens (tertiary/aromatic N) is 2. The first-order chi connectivity index (χ1) is 8.71. The summed E-state index contributed by atoms with van der Waals surface area (Å²) in [5.41, 5.74) is 7.14. The first kappa shape index (κ1) is 12.0. The molecule has 0 aliphatic rings. The molecule has 0 aliphatic heterocycles. The van der Waals surface area contributed by atoms with E-state index < -0.39 is 0 Å². The molecule has 0 atom stereocenters. The fraction of sp³-hybridized carbons (Fsp3) is 0.167. The number of ether oxygens (including phenoxy) is 2. The zero-order valence-electron chi connectivity index (χ0n) is 10.2. The van der Waals surface area contributed by atoms with E-state index in [1.807, 2.05) is 12.1 Å². The molecule has 0 unspecified atom stereocenters. The average molecular weight is 246 g/mol. The zero-order valence-corrected chi connectivity index (χ0v) is 10.2. The highest BCUT2D eigenvalue weighted by Gasteiger charge is 2.05. The molecule has 18 heavy (non-hydrogen) atoms. The second kappa shape index (κ2) is 5.22. The molecule has 0 spiro atoms. The van der Waals surface area contributed by atoms with Crippen molar-refractivity contribution in [3.63, 3.8) is 0 Å². The quantitative estimate of drug-likeness (QED) is 0.801. The molecule has 0 saturated carbocycles. The Balaban J connectivity index is 2.25. The summed E-state index contributed by atoms with van der Waals surface area (Å²) in [6.45, 7) is 0. The molecule has 0 fully saturated rings. The molecule has 6 nitrogen and oxygen atoms in total. The van der Waals surface area contributed by atoms with Crippen LogP contribution in [0.1, 0.15) is 0 Å². The number of hydrogen-bond donors (Lipinski definition) is 2. The maximum Gasteiger partial charge on any atom is 0.233 e. The van der Waals surface area contributed by atoms with Gasteiger partial charge in [-0.1, -0.05) is 0 Å². The Labute approximate surface area is 105 Å². The second-order valence-corrected chi connectivity index (χ2v) is 3.52. The third-order valence-corrected chi connectivity index (χ3v) is 2.26. The van der Waals surface area contributed by atoms with E-state index in [0.29, 0.717) is 23.4 Å². The Morgan fingerprint density at radius 1 is 1.00 bits per heavy atom. The minimum absolute atomic E-state index is 0.399. The van der Waals surface area contributed by atoms with Crippen molar-refractivity contribution < 1.29 is 9.47 Å². The molecule has 1 aromatic carbocycles. The van der Waals surface area contributed by atoms with E-state index in [4.69, 9.17) is 15.2 Å². The molecule has 2 rings (SSSR count). The van der Waals surface area contributed by atoms with Crippen molar-refractivity contribution in [2.75, 3.05) is 25.3 Å². The summed E-state index contributed by atoms with van der Waals surface area (Å²) in [5, 5.41) is 3.04. The van der Waals surface area contributed by atoms with E-state index in [1.165, 1.54) is 14.2 Å². The molecule has 94 valence electrons. The van der Waals surface area contributed by atoms with E-state index in [2.05, 4.69) is 15.3 Å². The van der Waals surface area contributed by atoms with Gasteiger partial charge in [-0.15, -0.1) is 0 Å². The van der Waals surface area contributed by atoms with Crippen LogP contribution in [0.2, 0.25) is 0 Å². The molecule has 1 aromatic heterocycles. The van der Waals surface area contributed by atoms with Crippen LogP contribution in [0.3, 0.4) is 0 Å². The maximum absolute atomic E-state index is 5.61. The van der Waals surface area contributed by atoms with Gasteiger partial charge in [-0.2, -0.15) is 9.97 Å². The monoisotopic (exact) mass is 246 g/mol. The number of hydrogen-bond acceptors (Lipinski definition) is 6. The number of aromatic nitrogens is 2. The van der Waals surface area contributed by atoms with Gasteiger partial charge in [0.1, 0.15) is 0 Å². The number of anilines is 3. The lowest BCUT2D eigenvalue weighted by Crippen LogP contribution is -2.01. The van der Waals surface area contributed by atoms with Crippen LogP contribution < -0.4 is 20.5 Å². The van der Waals surface area contributed by atoms with E-state index in [9.17, 15) is 0 Å². The lowest BCUT2D eigenvalue weighted by Gasteiger charge is -2.08. The fourth-order valence-corrected chi connectivity index (χ4v) is 1.36. The van der Waals surface area contributed by atoms with Gasteiger partial charge in [-0.3, -0.25) is 0 Å². The minimum Gasteiger partial charge on any atom is -0.481 e. The van der Waals surface area contributed by atoms with Crippen LogP contribution in [-0.4, -0.2) is 24.2 Å². The highest BCUT2D eigenvalue weighted by Crippen LogP contribution is 2.20. The predicted octanol–water partition coefficient (Wildman–Crippen LogP) is 1.82. The van der Waals surface area contributed by atoms with Crippen LogP contribution in [0.15, 0.2) is 30.3 Å². The zero-order chi connectivity index (χ0) is 13.0. The molecular formula is C12H14N4O2. The van der Waals surface area contributed by atoms with Gasteiger partial charge in [0.2, 0.25) is 17.7 Å². The maximum atomic E-state index is 5.61. The average Bonchev–Trinajstić information content (AvgIpc) is 2.41. The van der Waals surface area contributed by atoms with Crippen molar-refractivity contribution in [1.82, 2.24) is 9.97 Å². The molecule has 0 saturated heterocycles. The van der Waals surface area contributed by atoms with E-state index in [-0.39, 0.29) is 0 Å². The molecule has 0 radical (unpaired) electrons. The SMILES string of the molecule is COc1cc(OC)nc(Nc2ccc(N)cc2)n1. The Morgan fingerprint density at radius 2 is 1.56 bits per heavy atom. The van der Waals surface area contributed by atoms with Crippen molar-refractivity contribution in [2.24, 2.45) is 0 Å². The summed E-state index contributed by atoms with van der Waals surface area (Å²) in [4.78, 5) is 8.32. The largest absolute Gasteiger partial charge is 0.481 e. The highest BCUT2D eigenvalue weighted by molar-refractivity contribution is 5.57. The van der Waals surface area contributed by atoms with Gasteiger partial charge in [0.15, 0.2) is 0 Å². The lowest BCUT2D eigenvalue weighted by molar-refractivity contribution is 0.373. The van der Waals surface area contributed by atoms with E-state index >= 15 is 0 Å². The van der Waals surface area contributed by atoms with Gasteiger partial charge < -0.3 is 20.5 Å². The van der Waals surface area contributed by atoms with Gasteiger partial charge in [-0.25, -0.2) is 0 Å². The predicted molar refractivity (Wildman–Crippen MR) is 69.3 cm³/mol. The summed E-state index contributed by atoms with van der Waals surface area (Å²) in [5.74, 6) is 1.26. The van der Waals surface area contributed by atoms with Crippen molar-refractivity contribution in [2.45, 2.75) is 0 Å². The van der Waals surface area contributed by atoms with Crippen LogP contribution >= 0.6 is 0 Å². The first-order valence-electron chi connectivity index (χ1n) is 5.31. The standard InChI is InChI=1S/C12H14N4O2/c1-17-10-7-11(18-2)16-12(15-10)14-9-5-3-8(13)4-6-9/h3-7H,13H2,1-2H3,(H,14,15,16). The highest BCUT2D eigenvalue weighted by atomic mass is 16.5. The number of nitrogens with two attached hydrogens (primary N) is 1. The van der Waals surface area contributed by atoms with E-state index in [0.717, 1.165) is 5.69 Å². The molecular weight excluding hydrogens is 232 g/mol. The summed E-state index contributed by atoms with van der Waals surface area (Å²) in [7, 11) is 3.07. The number of benzene rings is 1. The lowest BCUT2D eigenvalue weighted by atomic mass is 10.3. The molecule has 0 aliphatic carbocycles. The van der Waals surface area contributed by atoms with Crippen molar-refractivity contribution in [3.8, 4) is 11.8 Å². The molecule has 3 N–H and O–H groups in total.